The van der Waals surface area contributed by atoms with Crippen LogP contribution in [0.4, 0.5) is 15.9 Å². The van der Waals surface area contributed by atoms with E-state index >= 15 is 0 Å². The zero-order valence-corrected chi connectivity index (χ0v) is 26.4. The maximum absolute atomic E-state index is 14.9. The Morgan fingerprint density at radius 3 is 2.35 bits per heavy atom. The number of nitrogens with two attached hydrogens (primary N) is 1. The zero-order chi connectivity index (χ0) is 33.4. The fourth-order valence-electron chi connectivity index (χ4n) is 4.26. The number of carbonyl (C=O) groups excluding carboxylic acids is 1. The first-order valence-corrected chi connectivity index (χ1v) is 15.5. The molecule has 0 saturated carbocycles. The topological polar surface area (TPSA) is 184 Å². The second kappa shape index (κ2) is 14.9. The standard InChI is InChI=1S/C24H26FN7O3.C7H8O3S/c1-14(2)20-12-32(31-30-20)22(23(26)33)15-4-6-16(7-5-15)29-24-21-18(25)10-17(35-9-8-34-3)11-19(21)27-13-28-24;1-6-2-4-7(5-3-6)11(8,9)10/h4-7,10-14,22H,8-9H2,1-3H3,(H2,26,33)(H,27,28,29);2-5H,1H3,(H,8,9,10). The molecule has 3 aromatic carbocycles. The molecule has 0 spiro atoms. The Morgan fingerprint density at radius 2 is 1.76 bits per heavy atom. The van der Waals surface area contributed by atoms with E-state index in [-0.39, 0.29) is 16.2 Å². The molecule has 13 nitrogen and oxygen atoms in total. The van der Waals surface area contributed by atoms with Crippen LogP contribution in [0, 0.1) is 12.7 Å². The molecule has 2 heterocycles. The molecular weight excluding hydrogens is 617 g/mol. The van der Waals surface area contributed by atoms with Gasteiger partial charge in [-0.25, -0.2) is 19.0 Å². The first-order valence-electron chi connectivity index (χ1n) is 14.1. The molecule has 0 radical (unpaired) electrons. The van der Waals surface area contributed by atoms with Gasteiger partial charge in [0.15, 0.2) is 6.04 Å². The zero-order valence-electron chi connectivity index (χ0n) is 25.6. The van der Waals surface area contributed by atoms with Crippen molar-refractivity contribution in [1.82, 2.24) is 25.0 Å². The predicted molar refractivity (Wildman–Crippen MR) is 169 cm³/mol. The fraction of sp³-hybridized carbons (Fsp3) is 0.258. The number of rotatable bonds is 11. The number of aryl methyl sites for hydroxylation is 1. The van der Waals surface area contributed by atoms with Crippen molar-refractivity contribution in [2.24, 2.45) is 5.73 Å². The molecule has 0 aliphatic heterocycles. The number of fused-ring (bicyclic) bond motifs is 1. The molecule has 0 aliphatic carbocycles. The average molecular weight is 652 g/mol. The van der Waals surface area contributed by atoms with E-state index in [0.717, 1.165) is 11.3 Å². The van der Waals surface area contributed by atoms with Crippen molar-refractivity contribution >= 4 is 38.4 Å². The summed E-state index contributed by atoms with van der Waals surface area (Å²) in [7, 11) is -2.46. The Hall–Kier alpha value is -4.99. The van der Waals surface area contributed by atoms with Gasteiger partial charge in [0.1, 0.15) is 30.3 Å². The monoisotopic (exact) mass is 651 g/mol. The van der Waals surface area contributed by atoms with Crippen molar-refractivity contribution in [3.05, 3.63) is 95.8 Å². The molecule has 1 atom stereocenters. The highest BCUT2D eigenvalue weighted by atomic mass is 32.2. The molecule has 1 unspecified atom stereocenters. The summed E-state index contributed by atoms with van der Waals surface area (Å²) in [5, 5.41) is 11.5. The maximum Gasteiger partial charge on any atom is 0.294 e. The summed E-state index contributed by atoms with van der Waals surface area (Å²) in [6, 6.07) is 15.1. The molecular formula is C31H34FN7O6S. The van der Waals surface area contributed by atoms with E-state index in [9.17, 15) is 17.6 Å². The Bertz CT molecular complexity index is 1900. The van der Waals surface area contributed by atoms with Crippen molar-refractivity contribution in [2.45, 2.75) is 37.6 Å². The van der Waals surface area contributed by atoms with Crippen molar-refractivity contribution < 1.29 is 31.6 Å². The Labute approximate surface area is 265 Å². The van der Waals surface area contributed by atoms with Crippen molar-refractivity contribution in [2.75, 3.05) is 25.6 Å². The highest BCUT2D eigenvalue weighted by molar-refractivity contribution is 7.85. The van der Waals surface area contributed by atoms with Gasteiger partial charge in [-0.2, -0.15) is 8.42 Å². The SMILES string of the molecule is COCCOc1cc(F)c2c(Nc3ccc(C(C(N)=O)n4cc(C(C)C)nn4)cc3)ncnc2c1.Cc1ccc(S(=O)(=O)O)cc1. The lowest BCUT2D eigenvalue weighted by atomic mass is 10.1. The van der Waals surface area contributed by atoms with Crippen LogP contribution in [0.5, 0.6) is 5.75 Å². The van der Waals surface area contributed by atoms with Gasteiger partial charge in [-0.1, -0.05) is 48.9 Å². The van der Waals surface area contributed by atoms with Crippen LogP contribution in [0.1, 0.15) is 42.6 Å². The second-order valence-electron chi connectivity index (χ2n) is 10.5. The summed E-state index contributed by atoms with van der Waals surface area (Å²) < 4.78 is 56.4. The Morgan fingerprint density at radius 1 is 1.07 bits per heavy atom. The number of benzene rings is 3. The third-order valence-corrected chi connectivity index (χ3v) is 7.55. The summed E-state index contributed by atoms with van der Waals surface area (Å²) in [5.74, 6) is -0.255. The van der Waals surface area contributed by atoms with Crippen molar-refractivity contribution in [1.29, 1.82) is 0 Å². The number of primary amides is 1. The lowest BCUT2D eigenvalue weighted by molar-refractivity contribution is -0.120. The number of hydrogen-bond acceptors (Lipinski definition) is 10. The number of amides is 1. The molecule has 242 valence electrons. The number of nitrogens with one attached hydrogen (secondary N) is 1. The first-order chi connectivity index (χ1) is 21.9. The van der Waals surface area contributed by atoms with Crippen LogP contribution in [-0.4, -0.2) is 64.2 Å². The van der Waals surface area contributed by atoms with Crippen molar-refractivity contribution in [3.63, 3.8) is 0 Å². The van der Waals surface area contributed by atoms with Gasteiger partial charge in [0.2, 0.25) is 5.91 Å². The van der Waals surface area contributed by atoms with E-state index in [0.29, 0.717) is 41.5 Å². The van der Waals surface area contributed by atoms with Gasteiger partial charge < -0.3 is 20.5 Å². The fourth-order valence-corrected chi connectivity index (χ4v) is 4.74. The van der Waals surface area contributed by atoms with Gasteiger partial charge in [0, 0.05) is 24.9 Å². The maximum atomic E-state index is 14.9. The Kier molecular flexibility index (Phi) is 10.9. The van der Waals surface area contributed by atoms with E-state index < -0.39 is 27.9 Å². The van der Waals surface area contributed by atoms with Crippen molar-refractivity contribution in [3.8, 4) is 5.75 Å². The molecule has 2 aromatic heterocycles. The van der Waals surface area contributed by atoms with Crippen LogP contribution in [0.2, 0.25) is 0 Å². The number of halogens is 1. The van der Waals surface area contributed by atoms with Crippen LogP contribution < -0.4 is 15.8 Å². The normalized spacial score (nSPS) is 12.0. The number of ether oxygens (including phenoxy) is 2. The number of methoxy groups -OCH3 is 1. The molecule has 5 aromatic rings. The van der Waals surface area contributed by atoms with Gasteiger partial charge >= 0.3 is 0 Å². The summed E-state index contributed by atoms with van der Waals surface area (Å²) in [6.45, 7) is 6.50. The molecule has 1 amide bonds. The van der Waals surface area contributed by atoms with Gasteiger partial charge in [0.05, 0.1) is 34.3 Å². The van der Waals surface area contributed by atoms with Crippen LogP contribution in [0.15, 0.2) is 78.1 Å². The largest absolute Gasteiger partial charge is 0.491 e. The number of anilines is 2. The van der Waals surface area contributed by atoms with E-state index in [2.05, 4.69) is 25.6 Å². The van der Waals surface area contributed by atoms with Crippen LogP contribution in [0.25, 0.3) is 10.9 Å². The molecule has 15 heteroatoms. The van der Waals surface area contributed by atoms with Crippen LogP contribution in [0.3, 0.4) is 0 Å². The van der Waals surface area contributed by atoms with Crippen LogP contribution >= 0.6 is 0 Å². The third-order valence-electron chi connectivity index (χ3n) is 6.68. The highest BCUT2D eigenvalue weighted by Crippen LogP contribution is 2.30. The number of aromatic nitrogens is 5. The quantitative estimate of drug-likeness (QED) is 0.134. The second-order valence-corrected chi connectivity index (χ2v) is 11.9. The smallest absolute Gasteiger partial charge is 0.294 e. The van der Waals surface area contributed by atoms with Gasteiger partial charge in [0.25, 0.3) is 10.1 Å². The third kappa shape index (κ3) is 8.59. The summed E-state index contributed by atoms with van der Waals surface area (Å²) >= 11 is 0. The molecule has 46 heavy (non-hydrogen) atoms. The minimum atomic E-state index is -4.02. The first kappa shape index (κ1) is 33.9. The molecule has 0 fully saturated rings. The minimum absolute atomic E-state index is 0.0666. The molecule has 0 aliphatic rings. The predicted octanol–water partition coefficient (Wildman–Crippen LogP) is 4.57. The highest BCUT2D eigenvalue weighted by Gasteiger charge is 2.22. The van der Waals surface area contributed by atoms with E-state index in [4.69, 9.17) is 19.8 Å². The van der Waals surface area contributed by atoms with E-state index in [1.807, 2.05) is 20.8 Å². The summed E-state index contributed by atoms with van der Waals surface area (Å²) in [6.07, 6.45) is 3.06. The molecule has 4 N–H and O–H groups in total. The number of nitrogens with zero attached hydrogens (tertiary/aromatic N) is 5. The number of hydrogen-bond donors (Lipinski definition) is 3. The Balaban J connectivity index is 0.000000369. The van der Waals surface area contributed by atoms with E-state index in [1.165, 1.54) is 29.2 Å². The summed E-state index contributed by atoms with van der Waals surface area (Å²) in [4.78, 5) is 20.5. The van der Waals surface area contributed by atoms with Gasteiger partial charge in [-0.3, -0.25) is 9.35 Å². The minimum Gasteiger partial charge on any atom is -0.491 e. The molecule has 0 bridgehead atoms. The lowest BCUT2D eigenvalue weighted by Crippen LogP contribution is -2.28. The summed E-state index contributed by atoms with van der Waals surface area (Å²) in [5.41, 5.74) is 9.05. The average Bonchev–Trinajstić information content (AvgIpc) is 3.48. The van der Waals surface area contributed by atoms with Gasteiger partial charge in [-0.05, 0) is 42.7 Å². The number of carbonyl (C=O) groups is 1. The molecule has 5 rings (SSSR count). The lowest BCUT2D eigenvalue weighted by Gasteiger charge is -2.15. The molecule has 0 saturated heterocycles. The van der Waals surface area contributed by atoms with Gasteiger partial charge in [-0.15, -0.1) is 5.10 Å². The van der Waals surface area contributed by atoms with Crippen LogP contribution in [-0.2, 0) is 19.6 Å². The van der Waals surface area contributed by atoms with E-state index in [1.54, 1.807) is 55.8 Å².